The van der Waals surface area contributed by atoms with Crippen LogP contribution in [0.15, 0.2) is 48.7 Å². The summed E-state index contributed by atoms with van der Waals surface area (Å²) >= 11 is 0. The average molecular weight is 243 g/mol. The van der Waals surface area contributed by atoms with E-state index in [0.717, 1.165) is 24.3 Å². The second kappa shape index (κ2) is 5.77. The highest BCUT2D eigenvalue weighted by molar-refractivity contribution is 5.35. The second-order valence-electron chi connectivity index (χ2n) is 3.82. The first-order valence-corrected chi connectivity index (χ1v) is 5.64. The molecule has 1 aromatic carbocycles. The highest BCUT2D eigenvalue weighted by Gasteiger charge is 2.03. The molecule has 0 aliphatic rings. The van der Waals surface area contributed by atoms with E-state index in [1.54, 1.807) is 18.3 Å². The van der Waals surface area contributed by atoms with Gasteiger partial charge in [-0.05, 0) is 24.1 Å². The number of hydrogen-bond acceptors (Lipinski definition) is 4. The lowest BCUT2D eigenvalue weighted by atomic mass is 10.1. The van der Waals surface area contributed by atoms with Gasteiger partial charge in [0.05, 0.1) is 4.92 Å². The Labute approximate surface area is 105 Å². The highest BCUT2D eigenvalue weighted by atomic mass is 16.6. The molecule has 0 unspecified atom stereocenters. The standard InChI is InChI=1S/C13H13N3O2/c17-16(18)12-6-4-11(5-7-12)8-10-15-13-3-1-2-9-14-13/h1-7,9H,8,10H2,(H,14,15). The summed E-state index contributed by atoms with van der Waals surface area (Å²) in [6, 6.07) is 12.3. The first-order valence-electron chi connectivity index (χ1n) is 5.64. The zero-order valence-corrected chi connectivity index (χ0v) is 9.74. The maximum Gasteiger partial charge on any atom is 0.269 e. The quantitative estimate of drug-likeness (QED) is 0.647. The molecule has 0 atom stereocenters. The molecule has 0 bridgehead atoms. The molecule has 2 rings (SSSR count). The topological polar surface area (TPSA) is 68.1 Å². The van der Waals surface area contributed by atoms with Crippen LogP contribution in [0.1, 0.15) is 5.56 Å². The van der Waals surface area contributed by atoms with Crippen molar-refractivity contribution in [2.24, 2.45) is 0 Å². The van der Waals surface area contributed by atoms with Crippen LogP contribution in [0.3, 0.4) is 0 Å². The minimum absolute atomic E-state index is 0.122. The number of rotatable bonds is 5. The van der Waals surface area contributed by atoms with Crippen molar-refractivity contribution in [2.75, 3.05) is 11.9 Å². The van der Waals surface area contributed by atoms with Gasteiger partial charge in [-0.25, -0.2) is 4.98 Å². The molecule has 0 amide bonds. The smallest absolute Gasteiger partial charge is 0.269 e. The summed E-state index contributed by atoms with van der Waals surface area (Å²) < 4.78 is 0. The van der Waals surface area contributed by atoms with Gasteiger partial charge in [-0.3, -0.25) is 10.1 Å². The zero-order chi connectivity index (χ0) is 12.8. The number of nitro benzene ring substituents is 1. The van der Waals surface area contributed by atoms with E-state index < -0.39 is 4.92 Å². The third-order valence-corrected chi connectivity index (χ3v) is 2.53. The summed E-state index contributed by atoms with van der Waals surface area (Å²) in [5.41, 5.74) is 1.18. The van der Waals surface area contributed by atoms with Crippen molar-refractivity contribution in [2.45, 2.75) is 6.42 Å². The van der Waals surface area contributed by atoms with Crippen molar-refractivity contribution < 1.29 is 4.92 Å². The van der Waals surface area contributed by atoms with E-state index in [1.807, 2.05) is 18.2 Å². The Morgan fingerprint density at radius 2 is 1.94 bits per heavy atom. The largest absolute Gasteiger partial charge is 0.370 e. The molecule has 5 heteroatoms. The summed E-state index contributed by atoms with van der Waals surface area (Å²) in [5, 5.41) is 13.7. The van der Waals surface area contributed by atoms with E-state index in [2.05, 4.69) is 10.3 Å². The number of nitro groups is 1. The summed E-state index contributed by atoms with van der Waals surface area (Å²) in [5.74, 6) is 0.833. The lowest BCUT2D eigenvalue weighted by Crippen LogP contribution is -2.05. The van der Waals surface area contributed by atoms with E-state index >= 15 is 0 Å². The number of benzene rings is 1. The molecule has 5 nitrogen and oxygen atoms in total. The molecule has 0 aliphatic heterocycles. The number of nitrogens with one attached hydrogen (secondary N) is 1. The van der Waals surface area contributed by atoms with Crippen molar-refractivity contribution in [3.05, 3.63) is 64.3 Å². The minimum Gasteiger partial charge on any atom is -0.370 e. The maximum absolute atomic E-state index is 10.5. The van der Waals surface area contributed by atoms with Crippen LogP contribution in [-0.2, 0) is 6.42 Å². The number of non-ortho nitro benzene ring substituents is 1. The van der Waals surface area contributed by atoms with Crippen LogP contribution in [0.4, 0.5) is 11.5 Å². The van der Waals surface area contributed by atoms with Gasteiger partial charge in [0.1, 0.15) is 5.82 Å². The third kappa shape index (κ3) is 3.28. The Morgan fingerprint density at radius 3 is 2.56 bits per heavy atom. The molecule has 0 aliphatic carbocycles. The fourth-order valence-electron chi connectivity index (χ4n) is 1.59. The molecule has 92 valence electrons. The molecule has 1 N–H and O–H groups in total. The lowest BCUT2D eigenvalue weighted by molar-refractivity contribution is -0.384. The van der Waals surface area contributed by atoms with Gasteiger partial charge in [0.15, 0.2) is 0 Å². The Balaban J connectivity index is 1.85. The Morgan fingerprint density at radius 1 is 1.17 bits per heavy atom. The highest BCUT2D eigenvalue weighted by Crippen LogP contribution is 2.12. The van der Waals surface area contributed by atoms with Crippen LogP contribution in [0.2, 0.25) is 0 Å². The average Bonchev–Trinajstić information content (AvgIpc) is 2.40. The summed E-state index contributed by atoms with van der Waals surface area (Å²) in [6.45, 7) is 0.745. The second-order valence-corrected chi connectivity index (χ2v) is 3.82. The molecule has 18 heavy (non-hydrogen) atoms. The molecule has 1 heterocycles. The number of nitrogens with zero attached hydrogens (tertiary/aromatic N) is 2. The Kier molecular flexibility index (Phi) is 3.86. The van der Waals surface area contributed by atoms with Crippen LogP contribution in [-0.4, -0.2) is 16.5 Å². The monoisotopic (exact) mass is 243 g/mol. The zero-order valence-electron chi connectivity index (χ0n) is 9.74. The number of hydrogen-bond donors (Lipinski definition) is 1. The van der Waals surface area contributed by atoms with E-state index in [9.17, 15) is 10.1 Å². The third-order valence-electron chi connectivity index (χ3n) is 2.53. The van der Waals surface area contributed by atoms with Crippen LogP contribution >= 0.6 is 0 Å². The first-order chi connectivity index (χ1) is 8.75. The first kappa shape index (κ1) is 12.0. The van der Waals surface area contributed by atoms with Crippen molar-refractivity contribution in [3.8, 4) is 0 Å². The summed E-state index contributed by atoms with van der Waals surface area (Å²) in [7, 11) is 0. The Bertz CT molecular complexity index is 512. The molecular formula is C13H13N3O2. The molecule has 1 aromatic heterocycles. The van der Waals surface area contributed by atoms with Crippen molar-refractivity contribution in [1.29, 1.82) is 0 Å². The van der Waals surface area contributed by atoms with Crippen LogP contribution in [0, 0.1) is 10.1 Å². The van der Waals surface area contributed by atoms with Crippen LogP contribution in [0.5, 0.6) is 0 Å². The predicted octanol–water partition coefficient (Wildman–Crippen LogP) is 2.64. The maximum atomic E-state index is 10.5. The van der Waals surface area contributed by atoms with Crippen molar-refractivity contribution in [3.63, 3.8) is 0 Å². The molecule has 0 fully saturated rings. The van der Waals surface area contributed by atoms with E-state index in [-0.39, 0.29) is 5.69 Å². The lowest BCUT2D eigenvalue weighted by Gasteiger charge is -2.04. The minimum atomic E-state index is -0.393. The van der Waals surface area contributed by atoms with Gasteiger partial charge >= 0.3 is 0 Å². The van der Waals surface area contributed by atoms with Gasteiger partial charge in [0.25, 0.3) is 5.69 Å². The fourth-order valence-corrected chi connectivity index (χ4v) is 1.59. The predicted molar refractivity (Wildman–Crippen MR) is 69.5 cm³/mol. The van der Waals surface area contributed by atoms with Gasteiger partial charge in [-0.15, -0.1) is 0 Å². The van der Waals surface area contributed by atoms with E-state index in [1.165, 1.54) is 12.1 Å². The molecule has 0 saturated carbocycles. The van der Waals surface area contributed by atoms with Gasteiger partial charge in [0, 0.05) is 24.9 Å². The van der Waals surface area contributed by atoms with Gasteiger partial charge in [0.2, 0.25) is 0 Å². The molecule has 2 aromatic rings. The normalized spacial score (nSPS) is 10.0. The number of anilines is 1. The summed E-state index contributed by atoms with van der Waals surface area (Å²) in [4.78, 5) is 14.3. The Hall–Kier alpha value is -2.43. The van der Waals surface area contributed by atoms with Crippen LogP contribution in [0.25, 0.3) is 0 Å². The van der Waals surface area contributed by atoms with E-state index in [4.69, 9.17) is 0 Å². The van der Waals surface area contributed by atoms with Gasteiger partial charge in [-0.2, -0.15) is 0 Å². The van der Waals surface area contributed by atoms with Gasteiger partial charge in [-0.1, -0.05) is 18.2 Å². The number of aromatic nitrogens is 1. The van der Waals surface area contributed by atoms with Gasteiger partial charge < -0.3 is 5.32 Å². The molecular weight excluding hydrogens is 230 g/mol. The fraction of sp³-hybridized carbons (Fsp3) is 0.154. The van der Waals surface area contributed by atoms with Crippen molar-refractivity contribution >= 4 is 11.5 Å². The SMILES string of the molecule is O=[N+]([O-])c1ccc(CCNc2ccccn2)cc1. The van der Waals surface area contributed by atoms with E-state index in [0.29, 0.717) is 0 Å². The van der Waals surface area contributed by atoms with Crippen molar-refractivity contribution in [1.82, 2.24) is 4.98 Å². The molecule has 0 spiro atoms. The number of pyridine rings is 1. The molecule has 0 radical (unpaired) electrons. The summed E-state index contributed by atoms with van der Waals surface area (Å²) in [6.07, 6.45) is 2.53. The van der Waals surface area contributed by atoms with Crippen LogP contribution < -0.4 is 5.32 Å². The molecule has 0 saturated heterocycles.